The van der Waals surface area contributed by atoms with E-state index in [1.54, 1.807) is 12.1 Å². The summed E-state index contributed by atoms with van der Waals surface area (Å²) in [5.41, 5.74) is 0.905. The Bertz CT molecular complexity index is 504. The van der Waals surface area contributed by atoms with Gasteiger partial charge in [-0.3, -0.25) is 4.79 Å². The van der Waals surface area contributed by atoms with Crippen LogP contribution in [0.5, 0.6) is 0 Å². The number of nitrogens with one attached hydrogen (secondary N) is 1. The molecule has 0 radical (unpaired) electrons. The number of rotatable bonds is 4. The third-order valence-corrected chi connectivity index (χ3v) is 4.09. The first-order valence-electron chi connectivity index (χ1n) is 6.11. The van der Waals surface area contributed by atoms with E-state index in [0.29, 0.717) is 11.4 Å². The third-order valence-electron chi connectivity index (χ3n) is 3.12. The second-order valence-corrected chi connectivity index (χ2v) is 5.94. The number of hydrogen-bond donors (Lipinski definition) is 2. The lowest BCUT2D eigenvalue weighted by molar-refractivity contribution is -0.120. The molecule has 0 aliphatic heterocycles. The first-order chi connectivity index (χ1) is 9.08. The van der Waals surface area contributed by atoms with Crippen molar-refractivity contribution in [2.45, 2.75) is 18.9 Å². The zero-order valence-electron chi connectivity index (χ0n) is 10.3. The average molecular weight is 345 g/mol. The molecule has 2 atom stereocenters. The number of benzene rings is 1. The number of halogens is 2. The van der Waals surface area contributed by atoms with E-state index in [1.165, 1.54) is 0 Å². The van der Waals surface area contributed by atoms with Crippen molar-refractivity contribution in [1.82, 2.24) is 5.32 Å². The summed E-state index contributed by atoms with van der Waals surface area (Å²) in [7, 11) is 0. The summed E-state index contributed by atoms with van der Waals surface area (Å²) in [5.74, 6) is 0.129. The largest absolute Gasteiger partial charge is 0.396 e. The van der Waals surface area contributed by atoms with Crippen LogP contribution in [-0.4, -0.2) is 23.7 Å². The Labute approximate surface area is 125 Å². The molecule has 1 amide bonds. The normalized spacial score (nSPS) is 21.6. The summed E-state index contributed by atoms with van der Waals surface area (Å²) >= 11 is 9.26. The number of carbonyl (C=O) groups is 1. The van der Waals surface area contributed by atoms with Crippen LogP contribution in [0.15, 0.2) is 34.8 Å². The van der Waals surface area contributed by atoms with Crippen LogP contribution in [0.1, 0.15) is 12.0 Å². The highest BCUT2D eigenvalue weighted by molar-refractivity contribution is 9.10. The number of hydrogen-bond acceptors (Lipinski definition) is 2. The van der Waals surface area contributed by atoms with E-state index in [2.05, 4.69) is 21.2 Å². The summed E-state index contributed by atoms with van der Waals surface area (Å²) < 4.78 is 0.838. The van der Waals surface area contributed by atoms with Gasteiger partial charge in [0.15, 0.2) is 0 Å². The fourth-order valence-corrected chi connectivity index (χ4v) is 2.94. The highest BCUT2D eigenvalue weighted by atomic mass is 79.9. The van der Waals surface area contributed by atoms with E-state index in [0.717, 1.165) is 16.5 Å². The molecule has 2 rings (SSSR count). The number of aliphatic hydroxyl groups is 1. The Morgan fingerprint density at radius 2 is 2.26 bits per heavy atom. The minimum absolute atomic E-state index is 0.0238. The van der Waals surface area contributed by atoms with Crippen molar-refractivity contribution < 1.29 is 9.90 Å². The van der Waals surface area contributed by atoms with Crippen LogP contribution in [0.4, 0.5) is 0 Å². The van der Waals surface area contributed by atoms with E-state index in [9.17, 15) is 4.79 Å². The second kappa shape index (κ2) is 6.55. The van der Waals surface area contributed by atoms with Crippen molar-refractivity contribution in [3.63, 3.8) is 0 Å². The number of amides is 1. The van der Waals surface area contributed by atoms with Crippen LogP contribution in [0.3, 0.4) is 0 Å². The zero-order valence-corrected chi connectivity index (χ0v) is 12.6. The van der Waals surface area contributed by atoms with Gasteiger partial charge < -0.3 is 10.4 Å². The van der Waals surface area contributed by atoms with E-state index >= 15 is 0 Å². The molecule has 0 saturated heterocycles. The SMILES string of the molecule is O=C(Cc1ccc(Cl)cc1Br)N[C@@H]1C=C[C@H](CO)C1. The van der Waals surface area contributed by atoms with Crippen LogP contribution < -0.4 is 5.32 Å². The second-order valence-electron chi connectivity index (χ2n) is 4.65. The molecule has 19 heavy (non-hydrogen) atoms. The topological polar surface area (TPSA) is 49.3 Å². The number of carbonyl (C=O) groups excluding carboxylic acids is 1. The molecule has 0 heterocycles. The molecule has 0 unspecified atom stereocenters. The van der Waals surface area contributed by atoms with Gasteiger partial charge in [-0.15, -0.1) is 0 Å². The van der Waals surface area contributed by atoms with E-state index in [-0.39, 0.29) is 24.5 Å². The summed E-state index contributed by atoms with van der Waals surface area (Å²) in [5, 5.41) is 12.6. The maximum absolute atomic E-state index is 11.9. The lowest BCUT2D eigenvalue weighted by atomic mass is 10.1. The summed E-state index contributed by atoms with van der Waals surface area (Å²) in [4.78, 5) is 11.9. The quantitative estimate of drug-likeness (QED) is 0.825. The van der Waals surface area contributed by atoms with Crippen LogP contribution in [0.2, 0.25) is 5.02 Å². The first kappa shape index (κ1) is 14.6. The Morgan fingerprint density at radius 1 is 1.47 bits per heavy atom. The van der Waals surface area contributed by atoms with Gasteiger partial charge >= 0.3 is 0 Å². The molecule has 102 valence electrons. The minimum Gasteiger partial charge on any atom is -0.396 e. The molecule has 1 aromatic carbocycles. The molecular formula is C14H15BrClNO2. The summed E-state index contributed by atoms with van der Waals surface area (Å²) in [6.07, 6.45) is 4.97. The highest BCUT2D eigenvalue weighted by Crippen LogP contribution is 2.22. The predicted molar refractivity (Wildman–Crippen MR) is 79.1 cm³/mol. The number of aliphatic hydroxyl groups excluding tert-OH is 1. The molecule has 0 saturated carbocycles. The zero-order chi connectivity index (χ0) is 13.8. The van der Waals surface area contributed by atoms with Crippen LogP contribution in [0.25, 0.3) is 0 Å². The van der Waals surface area contributed by atoms with Gasteiger partial charge in [0.2, 0.25) is 5.91 Å². The van der Waals surface area contributed by atoms with Gasteiger partial charge in [-0.2, -0.15) is 0 Å². The van der Waals surface area contributed by atoms with E-state index in [1.807, 2.05) is 18.2 Å². The first-order valence-corrected chi connectivity index (χ1v) is 7.28. The molecule has 1 aromatic rings. The highest BCUT2D eigenvalue weighted by Gasteiger charge is 2.19. The molecule has 1 aliphatic rings. The van der Waals surface area contributed by atoms with Gasteiger partial charge in [-0.05, 0) is 24.1 Å². The van der Waals surface area contributed by atoms with E-state index < -0.39 is 0 Å². The molecule has 1 aliphatic carbocycles. The Hall–Kier alpha value is -0.840. The lowest BCUT2D eigenvalue weighted by Gasteiger charge is -2.13. The van der Waals surface area contributed by atoms with Gasteiger partial charge in [0.05, 0.1) is 6.42 Å². The lowest BCUT2D eigenvalue weighted by Crippen LogP contribution is -2.34. The van der Waals surface area contributed by atoms with Crippen molar-refractivity contribution >= 4 is 33.4 Å². The van der Waals surface area contributed by atoms with Crippen LogP contribution >= 0.6 is 27.5 Å². The molecule has 3 nitrogen and oxygen atoms in total. The Morgan fingerprint density at radius 3 is 2.89 bits per heavy atom. The third kappa shape index (κ3) is 4.06. The fraction of sp³-hybridized carbons (Fsp3) is 0.357. The van der Waals surface area contributed by atoms with Crippen molar-refractivity contribution in [1.29, 1.82) is 0 Å². The smallest absolute Gasteiger partial charge is 0.224 e. The van der Waals surface area contributed by atoms with Crippen molar-refractivity contribution in [2.75, 3.05) is 6.61 Å². The Balaban J connectivity index is 1.90. The summed E-state index contributed by atoms with van der Waals surface area (Å²) in [6.45, 7) is 0.131. The molecule has 2 N–H and O–H groups in total. The van der Waals surface area contributed by atoms with Crippen molar-refractivity contribution in [3.8, 4) is 0 Å². The molecule has 0 bridgehead atoms. The Kier molecular flexibility index (Phi) is 5.02. The molecule has 5 heteroatoms. The standard InChI is InChI=1S/C14H15BrClNO2/c15-13-7-11(16)3-2-10(13)6-14(19)17-12-4-1-9(5-12)8-18/h1-4,7,9,12,18H,5-6,8H2,(H,17,19)/t9-,12+/m0/s1. The van der Waals surface area contributed by atoms with Gasteiger partial charge in [-0.25, -0.2) is 0 Å². The van der Waals surface area contributed by atoms with Gasteiger partial charge in [0, 0.05) is 28.1 Å². The summed E-state index contributed by atoms with van der Waals surface area (Å²) in [6, 6.07) is 5.41. The van der Waals surface area contributed by atoms with Gasteiger partial charge in [0.1, 0.15) is 0 Å². The molecule has 0 spiro atoms. The van der Waals surface area contributed by atoms with Gasteiger partial charge in [0.25, 0.3) is 0 Å². The average Bonchev–Trinajstić information content (AvgIpc) is 2.80. The fourth-order valence-electron chi connectivity index (χ4n) is 2.11. The van der Waals surface area contributed by atoms with Gasteiger partial charge in [-0.1, -0.05) is 45.7 Å². The van der Waals surface area contributed by atoms with Crippen molar-refractivity contribution in [2.24, 2.45) is 5.92 Å². The molecular weight excluding hydrogens is 330 g/mol. The van der Waals surface area contributed by atoms with Crippen LogP contribution in [0, 0.1) is 5.92 Å². The predicted octanol–water partition coefficient (Wildman–Crippen LogP) is 2.70. The monoisotopic (exact) mass is 343 g/mol. The van der Waals surface area contributed by atoms with Crippen molar-refractivity contribution in [3.05, 3.63) is 45.4 Å². The minimum atomic E-state index is -0.0312. The van der Waals surface area contributed by atoms with E-state index in [4.69, 9.17) is 16.7 Å². The maximum atomic E-state index is 11.9. The molecule has 0 aromatic heterocycles. The maximum Gasteiger partial charge on any atom is 0.224 e. The van der Waals surface area contributed by atoms with Crippen LogP contribution in [-0.2, 0) is 11.2 Å². The molecule has 0 fully saturated rings.